The highest BCUT2D eigenvalue weighted by Crippen LogP contribution is 2.17. The second kappa shape index (κ2) is 46.8. The molecule has 3 N–H and O–H groups in total. The Morgan fingerprint density at radius 2 is 0.983 bits per heavy atom. The van der Waals surface area contributed by atoms with Gasteiger partial charge in [-0.05, 0) is 70.6 Å². The van der Waals surface area contributed by atoms with E-state index in [0.717, 1.165) is 83.5 Å². The number of carbonyl (C=O) groups is 2. The van der Waals surface area contributed by atoms with Crippen LogP contribution in [0.25, 0.3) is 0 Å². The lowest BCUT2D eigenvalue weighted by Gasteiger charge is -2.24. The van der Waals surface area contributed by atoms with Gasteiger partial charge < -0.3 is 20.3 Å². The number of hydrogen-bond donors (Lipinski definition) is 3. The molecule has 0 aliphatic heterocycles. The first-order valence-electron chi connectivity index (χ1n) is 24.5. The molecule has 60 heavy (non-hydrogen) atoms. The minimum Gasteiger partial charge on any atom is -0.462 e. The molecule has 0 aromatic carbocycles. The number of hydrogen-bond acceptors (Lipinski definition) is 5. The van der Waals surface area contributed by atoms with Gasteiger partial charge in [0.05, 0.1) is 25.2 Å². The van der Waals surface area contributed by atoms with Gasteiger partial charge in [0.1, 0.15) is 6.10 Å². The van der Waals surface area contributed by atoms with Crippen molar-refractivity contribution in [3.63, 3.8) is 0 Å². The van der Waals surface area contributed by atoms with Gasteiger partial charge in [-0.3, -0.25) is 9.59 Å². The topological polar surface area (TPSA) is 95.9 Å². The summed E-state index contributed by atoms with van der Waals surface area (Å²) < 4.78 is 5.87. The summed E-state index contributed by atoms with van der Waals surface area (Å²) in [6.45, 7) is 6.19. The van der Waals surface area contributed by atoms with Gasteiger partial charge >= 0.3 is 5.97 Å². The molecule has 6 nitrogen and oxygen atoms in total. The molecular formula is C54H91NO5. The number of amides is 1. The van der Waals surface area contributed by atoms with Crippen LogP contribution in [0.3, 0.4) is 0 Å². The van der Waals surface area contributed by atoms with Crippen molar-refractivity contribution in [2.75, 3.05) is 6.61 Å². The number of nitrogens with one attached hydrogen (secondary N) is 1. The standard InChI is InChI=1S/C54H91NO5/c1-4-7-10-13-16-19-22-25-28-30-33-36-39-42-45-50(60-54(59)47-44-41-38-35-32-27-24-21-18-15-12-9-6-3)48-53(58)55-51(49-56)52(57)46-43-40-37-34-31-29-26-23-20-17-14-11-8-5-2/h7,9-10,12,15-16,18-19,21,24-25,27-28,32,35,38,50-52,56-57H,4-6,8,11,13-14,17,20,22-23,26,29-31,33-34,36-37,39-49H2,1-3H3,(H,55,58)/b10-7+,12-9+,18-15+,19-16+,24-21-,28-25+,32-27-,38-35+. The fourth-order valence-corrected chi connectivity index (χ4v) is 6.89. The number of carbonyl (C=O) groups excluding carboxylic acids is 2. The lowest BCUT2D eigenvalue weighted by atomic mass is 10.0. The van der Waals surface area contributed by atoms with E-state index in [-0.39, 0.29) is 31.3 Å². The van der Waals surface area contributed by atoms with Gasteiger partial charge in [0, 0.05) is 6.42 Å². The van der Waals surface area contributed by atoms with E-state index in [0.29, 0.717) is 19.3 Å². The molecule has 0 aromatic rings. The predicted octanol–water partition coefficient (Wildman–Crippen LogP) is 14.6. The smallest absolute Gasteiger partial charge is 0.306 e. The van der Waals surface area contributed by atoms with Crippen molar-refractivity contribution < 1.29 is 24.5 Å². The molecule has 0 spiro atoms. The maximum absolute atomic E-state index is 13.2. The van der Waals surface area contributed by atoms with Gasteiger partial charge in [-0.15, -0.1) is 0 Å². The molecule has 0 saturated carbocycles. The lowest BCUT2D eigenvalue weighted by molar-refractivity contribution is -0.151. The first-order valence-corrected chi connectivity index (χ1v) is 24.5. The van der Waals surface area contributed by atoms with Crippen molar-refractivity contribution in [2.24, 2.45) is 0 Å². The molecule has 0 aromatic heterocycles. The molecule has 0 heterocycles. The summed E-state index contributed by atoms with van der Waals surface area (Å²) in [4.78, 5) is 26.1. The number of aliphatic hydroxyl groups is 2. The van der Waals surface area contributed by atoms with Crippen LogP contribution in [-0.2, 0) is 14.3 Å². The molecule has 0 aliphatic carbocycles. The average Bonchev–Trinajstić information content (AvgIpc) is 3.24. The number of rotatable bonds is 42. The Hall–Kier alpha value is -3.22. The van der Waals surface area contributed by atoms with E-state index in [1.165, 1.54) is 70.6 Å². The molecule has 0 aliphatic rings. The number of unbranched alkanes of at least 4 members (excludes halogenated alkanes) is 18. The quantitative estimate of drug-likeness (QED) is 0.0246. The van der Waals surface area contributed by atoms with Gasteiger partial charge in [0.2, 0.25) is 5.91 Å². The van der Waals surface area contributed by atoms with Gasteiger partial charge in [-0.25, -0.2) is 0 Å². The molecule has 0 rings (SSSR count). The van der Waals surface area contributed by atoms with Crippen LogP contribution in [0.1, 0.15) is 207 Å². The number of aliphatic hydroxyl groups excluding tert-OH is 2. The molecule has 6 heteroatoms. The van der Waals surface area contributed by atoms with Crippen LogP contribution < -0.4 is 5.32 Å². The van der Waals surface area contributed by atoms with E-state index in [2.05, 4.69) is 68.6 Å². The summed E-state index contributed by atoms with van der Waals surface area (Å²) in [5, 5.41) is 23.7. The maximum atomic E-state index is 13.2. The second-order valence-electron chi connectivity index (χ2n) is 16.2. The first kappa shape index (κ1) is 56.8. The van der Waals surface area contributed by atoms with Crippen LogP contribution in [0, 0.1) is 0 Å². The summed E-state index contributed by atoms with van der Waals surface area (Å²) in [6.07, 6.45) is 61.8. The zero-order chi connectivity index (χ0) is 43.8. The third-order valence-electron chi connectivity index (χ3n) is 10.5. The molecular weight excluding hydrogens is 743 g/mol. The summed E-state index contributed by atoms with van der Waals surface area (Å²) in [5.74, 6) is -0.593. The lowest BCUT2D eigenvalue weighted by Crippen LogP contribution is -2.46. The minimum absolute atomic E-state index is 0.0284. The average molecular weight is 834 g/mol. The fraction of sp³-hybridized carbons (Fsp3) is 0.667. The van der Waals surface area contributed by atoms with Crippen molar-refractivity contribution in [1.29, 1.82) is 0 Å². The van der Waals surface area contributed by atoms with Crippen LogP contribution >= 0.6 is 0 Å². The summed E-state index contributed by atoms with van der Waals surface area (Å²) in [5.41, 5.74) is 0. The summed E-state index contributed by atoms with van der Waals surface area (Å²) in [6, 6.07) is -0.729. The molecule has 3 unspecified atom stereocenters. The van der Waals surface area contributed by atoms with E-state index >= 15 is 0 Å². The largest absolute Gasteiger partial charge is 0.462 e. The maximum Gasteiger partial charge on any atom is 0.306 e. The molecule has 1 amide bonds. The van der Waals surface area contributed by atoms with Crippen molar-refractivity contribution in [3.05, 3.63) is 97.2 Å². The van der Waals surface area contributed by atoms with Gasteiger partial charge in [-0.1, -0.05) is 221 Å². The van der Waals surface area contributed by atoms with Gasteiger partial charge in [0.25, 0.3) is 0 Å². The highest BCUT2D eigenvalue weighted by molar-refractivity contribution is 5.77. The Labute approximate surface area is 369 Å². The van der Waals surface area contributed by atoms with Crippen LogP contribution in [0.15, 0.2) is 97.2 Å². The monoisotopic (exact) mass is 834 g/mol. The van der Waals surface area contributed by atoms with Crippen molar-refractivity contribution in [3.8, 4) is 0 Å². The highest BCUT2D eigenvalue weighted by Gasteiger charge is 2.24. The zero-order valence-corrected chi connectivity index (χ0v) is 38.8. The van der Waals surface area contributed by atoms with Crippen LogP contribution in [0.4, 0.5) is 0 Å². The fourth-order valence-electron chi connectivity index (χ4n) is 6.89. The number of allylic oxidation sites excluding steroid dienone is 16. The summed E-state index contributed by atoms with van der Waals surface area (Å²) in [7, 11) is 0. The number of ether oxygens (including phenoxy) is 1. The highest BCUT2D eigenvalue weighted by atomic mass is 16.5. The van der Waals surface area contributed by atoms with Crippen LogP contribution in [0.5, 0.6) is 0 Å². The molecule has 0 saturated heterocycles. The molecule has 0 radical (unpaired) electrons. The van der Waals surface area contributed by atoms with Crippen molar-refractivity contribution in [1.82, 2.24) is 5.32 Å². The third kappa shape index (κ3) is 41.5. The Balaban J connectivity index is 4.74. The Kier molecular flexibility index (Phi) is 44.3. The number of esters is 1. The third-order valence-corrected chi connectivity index (χ3v) is 10.5. The minimum atomic E-state index is -0.811. The second-order valence-corrected chi connectivity index (χ2v) is 16.2. The Morgan fingerprint density at radius 1 is 0.517 bits per heavy atom. The van der Waals surface area contributed by atoms with Gasteiger partial charge in [0.15, 0.2) is 0 Å². The molecule has 3 atom stereocenters. The van der Waals surface area contributed by atoms with E-state index in [1.807, 2.05) is 54.7 Å². The van der Waals surface area contributed by atoms with E-state index in [1.54, 1.807) is 0 Å². The molecule has 0 fully saturated rings. The predicted molar refractivity (Wildman–Crippen MR) is 259 cm³/mol. The Bertz CT molecular complexity index is 1210. The van der Waals surface area contributed by atoms with Crippen LogP contribution in [0.2, 0.25) is 0 Å². The first-order chi connectivity index (χ1) is 29.5. The molecule has 342 valence electrons. The zero-order valence-electron chi connectivity index (χ0n) is 38.8. The molecule has 0 bridgehead atoms. The van der Waals surface area contributed by atoms with Crippen LogP contribution in [-0.4, -0.2) is 46.9 Å². The summed E-state index contributed by atoms with van der Waals surface area (Å²) >= 11 is 0. The van der Waals surface area contributed by atoms with Crippen molar-refractivity contribution >= 4 is 11.9 Å². The van der Waals surface area contributed by atoms with Crippen molar-refractivity contribution in [2.45, 2.75) is 225 Å². The van der Waals surface area contributed by atoms with E-state index < -0.39 is 18.2 Å². The van der Waals surface area contributed by atoms with Gasteiger partial charge in [-0.2, -0.15) is 0 Å². The van der Waals surface area contributed by atoms with E-state index in [4.69, 9.17) is 4.74 Å². The Morgan fingerprint density at radius 3 is 1.55 bits per heavy atom. The van der Waals surface area contributed by atoms with E-state index in [9.17, 15) is 19.8 Å². The SMILES string of the molecule is CC/C=C/C=C/C=C\C=C/C=C/CCCC(=O)OC(CCCCCC/C=C/C/C=C/C/C=C/CC)CC(=O)NC(CO)C(O)CCCCCCCCCCCCCCCC. The normalized spacial score (nSPS) is 14.2.